The van der Waals surface area contributed by atoms with Crippen LogP contribution < -0.4 is 10.6 Å². The lowest BCUT2D eigenvalue weighted by molar-refractivity contribution is 0.152. The predicted molar refractivity (Wildman–Crippen MR) is 66.6 cm³/mol. The number of amides is 1. The zero-order chi connectivity index (χ0) is 12.2. The van der Waals surface area contributed by atoms with Crippen molar-refractivity contribution in [1.82, 2.24) is 10.6 Å². The van der Waals surface area contributed by atoms with Gasteiger partial charge >= 0.3 is 6.09 Å². The average Bonchev–Trinajstić information content (AvgIpc) is 2.28. The van der Waals surface area contributed by atoms with Crippen LogP contribution in [0.5, 0.6) is 0 Å². The van der Waals surface area contributed by atoms with Crippen molar-refractivity contribution in [3.63, 3.8) is 0 Å². The summed E-state index contributed by atoms with van der Waals surface area (Å²) in [6.45, 7) is 8.05. The number of hydrogen-bond donors (Lipinski definition) is 2. The average molecular weight is 230 g/mol. The van der Waals surface area contributed by atoms with Crippen molar-refractivity contribution >= 4 is 6.09 Å². The maximum Gasteiger partial charge on any atom is 0.407 e. The molecule has 16 heavy (non-hydrogen) atoms. The van der Waals surface area contributed by atoms with Gasteiger partial charge in [-0.25, -0.2) is 4.79 Å². The zero-order valence-electron chi connectivity index (χ0n) is 10.8. The summed E-state index contributed by atoms with van der Waals surface area (Å²) in [5, 5.41) is 6.13. The van der Waals surface area contributed by atoms with Gasteiger partial charge in [-0.3, -0.25) is 0 Å². The second kappa shape index (κ2) is 10.7. The fourth-order valence-electron chi connectivity index (χ4n) is 1.52. The maximum absolute atomic E-state index is 11.0. The van der Waals surface area contributed by atoms with E-state index in [2.05, 4.69) is 24.5 Å². The van der Waals surface area contributed by atoms with Crippen molar-refractivity contribution in [2.24, 2.45) is 0 Å². The SMILES string of the molecule is CCCCC(CC)NCCNC(=O)OCC. The molecule has 0 aliphatic carbocycles. The van der Waals surface area contributed by atoms with Crippen molar-refractivity contribution in [3.8, 4) is 0 Å². The normalized spacial score (nSPS) is 12.2. The molecule has 1 amide bonds. The smallest absolute Gasteiger partial charge is 0.407 e. The Hall–Kier alpha value is -0.770. The summed E-state index contributed by atoms with van der Waals surface area (Å²) < 4.78 is 4.76. The van der Waals surface area contributed by atoms with Crippen LogP contribution in [0.3, 0.4) is 0 Å². The van der Waals surface area contributed by atoms with E-state index in [1.54, 1.807) is 6.92 Å². The molecular formula is C12H26N2O2. The van der Waals surface area contributed by atoms with Gasteiger partial charge in [0.05, 0.1) is 6.61 Å². The number of carbonyl (C=O) groups is 1. The number of alkyl carbamates (subject to hydrolysis) is 1. The van der Waals surface area contributed by atoms with Crippen molar-refractivity contribution in [1.29, 1.82) is 0 Å². The molecule has 1 atom stereocenters. The molecule has 0 bridgehead atoms. The second-order valence-corrected chi connectivity index (χ2v) is 3.85. The number of nitrogens with one attached hydrogen (secondary N) is 2. The van der Waals surface area contributed by atoms with Gasteiger partial charge in [0.25, 0.3) is 0 Å². The van der Waals surface area contributed by atoms with Crippen LogP contribution in [0.25, 0.3) is 0 Å². The monoisotopic (exact) mass is 230 g/mol. The van der Waals surface area contributed by atoms with Crippen LogP contribution >= 0.6 is 0 Å². The Balaban J connectivity index is 3.43. The van der Waals surface area contributed by atoms with Crippen molar-refractivity contribution in [2.45, 2.75) is 52.5 Å². The van der Waals surface area contributed by atoms with Crippen molar-refractivity contribution < 1.29 is 9.53 Å². The lowest BCUT2D eigenvalue weighted by Gasteiger charge is -2.16. The third kappa shape index (κ3) is 8.53. The summed E-state index contributed by atoms with van der Waals surface area (Å²) in [5.41, 5.74) is 0. The quantitative estimate of drug-likeness (QED) is 0.597. The molecule has 0 fully saturated rings. The number of ether oxygens (including phenoxy) is 1. The van der Waals surface area contributed by atoms with Gasteiger partial charge in [-0.15, -0.1) is 0 Å². The van der Waals surface area contributed by atoms with Gasteiger partial charge in [0.2, 0.25) is 0 Å². The highest BCUT2D eigenvalue weighted by Gasteiger charge is 2.04. The van der Waals surface area contributed by atoms with Crippen LogP contribution in [0.4, 0.5) is 4.79 Å². The topological polar surface area (TPSA) is 50.4 Å². The maximum atomic E-state index is 11.0. The summed E-state index contributed by atoms with van der Waals surface area (Å²) in [4.78, 5) is 11.0. The van der Waals surface area contributed by atoms with E-state index >= 15 is 0 Å². The van der Waals surface area contributed by atoms with E-state index in [9.17, 15) is 4.79 Å². The van der Waals surface area contributed by atoms with E-state index in [1.165, 1.54) is 19.3 Å². The van der Waals surface area contributed by atoms with Gasteiger partial charge in [-0.1, -0.05) is 26.7 Å². The first-order chi connectivity index (χ1) is 7.74. The first-order valence-electron chi connectivity index (χ1n) is 6.38. The summed E-state index contributed by atoms with van der Waals surface area (Å²) in [7, 11) is 0. The molecule has 1 unspecified atom stereocenters. The highest BCUT2D eigenvalue weighted by Crippen LogP contribution is 2.03. The van der Waals surface area contributed by atoms with Crippen LogP contribution in [-0.4, -0.2) is 31.8 Å². The molecule has 96 valence electrons. The Kier molecular flexibility index (Phi) is 10.2. The fourth-order valence-corrected chi connectivity index (χ4v) is 1.52. The molecule has 0 aliphatic heterocycles. The van der Waals surface area contributed by atoms with Crippen molar-refractivity contribution in [3.05, 3.63) is 0 Å². The number of rotatable bonds is 9. The van der Waals surface area contributed by atoms with E-state index in [-0.39, 0.29) is 6.09 Å². The molecule has 0 aliphatic rings. The van der Waals surface area contributed by atoms with Gasteiger partial charge in [0, 0.05) is 19.1 Å². The Labute approximate surface area is 99.1 Å². The van der Waals surface area contributed by atoms with Crippen LogP contribution in [0.2, 0.25) is 0 Å². The van der Waals surface area contributed by atoms with E-state index in [4.69, 9.17) is 4.74 Å². The van der Waals surface area contributed by atoms with E-state index in [0.29, 0.717) is 19.2 Å². The molecular weight excluding hydrogens is 204 g/mol. The molecule has 0 aromatic carbocycles. The molecule has 4 heteroatoms. The minimum absolute atomic E-state index is 0.328. The van der Waals surface area contributed by atoms with Gasteiger partial charge in [0.15, 0.2) is 0 Å². The van der Waals surface area contributed by atoms with E-state index in [1.807, 2.05) is 0 Å². The van der Waals surface area contributed by atoms with Crippen LogP contribution in [0.15, 0.2) is 0 Å². The standard InChI is InChI=1S/C12H26N2O2/c1-4-7-8-11(5-2)13-9-10-14-12(15)16-6-3/h11,13H,4-10H2,1-3H3,(H,14,15). The molecule has 0 saturated carbocycles. The number of unbranched alkanes of at least 4 members (excludes halogenated alkanes) is 1. The predicted octanol–water partition coefficient (Wildman–Crippen LogP) is 2.29. The molecule has 0 saturated heterocycles. The molecule has 0 radical (unpaired) electrons. The third-order valence-corrected chi connectivity index (χ3v) is 2.50. The molecule has 2 N–H and O–H groups in total. The fraction of sp³-hybridized carbons (Fsp3) is 0.917. The minimum atomic E-state index is -0.328. The number of hydrogen-bond acceptors (Lipinski definition) is 3. The van der Waals surface area contributed by atoms with Gasteiger partial charge in [-0.2, -0.15) is 0 Å². The van der Waals surface area contributed by atoms with Gasteiger partial charge in [0.1, 0.15) is 0 Å². The van der Waals surface area contributed by atoms with Gasteiger partial charge < -0.3 is 15.4 Å². The molecule has 0 heterocycles. The third-order valence-electron chi connectivity index (χ3n) is 2.50. The van der Waals surface area contributed by atoms with Crippen LogP contribution in [-0.2, 0) is 4.74 Å². The Morgan fingerprint density at radius 2 is 2.00 bits per heavy atom. The molecule has 0 aromatic rings. The molecule has 4 nitrogen and oxygen atoms in total. The van der Waals surface area contributed by atoms with E-state index < -0.39 is 0 Å². The lowest BCUT2D eigenvalue weighted by atomic mass is 10.1. The van der Waals surface area contributed by atoms with Crippen molar-refractivity contribution in [2.75, 3.05) is 19.7 Å². The van der Waals surface area contributed by atoms with Gasteiger partial charge in [-0.05, 0) is 19.8 Å². The molecule has 0 rings (SSSR count). The highest BCUT2D eigenvalue weighted by molar-refractivity contribution is 5.66. The first-order valence-corrected chi connectivity index (χ1v) is 6.38. The van der Waals surface area contributed by atoms with E-state index in [0.717, 1.165) is 13.0 Å². The molecule has 0 spiro atoms. The summed E-state index contributed by atoms with van der Waals surface area (Å²) in [5.74, 6) is 0. The summed E-state index contributed by atoms with van der Waals surface area (Å²) in [6, 6.07) is 0.573. The van der Waals surface area contributed by atoms with Crippen LogP contribution in [0, 0.1) is 0 Å². The zero-order valence-corrected chi connectivity index (χ0v) is 10.8. The summed E-state index contributed by atoms with van der Waals surface area (Å²) in [6.07, 6.45) is 4.52. The number of carbonyl (C=O) groups excluding carboxylic acids is 1. The van der Waals surface area contributed by atoms with Crippen LogP contribution in [0.1, 0.15) is 46.5 Å². The lowest BCUT2D eigenvalue weighted by Crippen LogP contribution is -2.37. The Bertz CT molecular complexity index is 174. The second-order valence-electron chi connectivity index (χ2n) is 3.85. The molecule has 0 aromatic heterocycles. The Morgan fingerprint density at radius 3 is 2.56 bits per heavy atom. The minimum Gasteiger partial charge on any atom is -0.450 e. The summed E-state index contributed by atoms with van der Waals surface area (Å²) >= 11 is 0. The highest BCUT2D eigenvalue weighted by atomic mass is 16.5. The largest absolute Gasteiger partial charge is 0.450 e. The first kappa shape index (κ1) is 15.2. The Morgan fingerprint density at radius 1 is 1.25 bits per heavy atom.